The molecule has 3 aromatic carbocycles. The molecule has 0 unspecified atom stereocenters. The van der Waals surface area contributed by atoms with Crippen molar-refractivity contribution in [3.63, 3.8) is 0 Å². The van der Waals surface area contributed by atoms with Crippen LogP contribution in [0.5, 0.6) is 5.75 Å². The van der Waals surface area contributed by atoms with Crippen molar-refractivity contribution in [1.82, 2.24) is 5.32 Å². The van der Waals surface area contributed by atoms with Crippen molar-refractivity contribution in [3.8, 4) is 16.9 Å². The second-order valence-electron chi connectivity index (χ2n) is 7.42. The number of carbonyl (C=O) groups excluding carboxylic acids is 2. The maximum Gasteiger partial charge on any atom is 0.259 e. The third-order valence-corrected chi connectivity index (χ3v) is 5.88. The first kappa shape index (κ1) is 20.3. The number of methoxy groups -OCH3 is 1. The SMILES string of the molecule is COc1cc2c(cc1/C=C/CCO)oc1cc(-c3ccccc3Cl)c3c(c12)C(=O)NC3=O. The van der Waals surface area contributed by atoms with E-state index in [1.165, 1.54) is 0 Å². The van der Waals surface area contributed by atoms with Crippen molar-refractivity contribution in [2.24, 2.45) is 0 Å². The maximum atomic E-state index is 12.8. The Labute approximate surface area is 188 Å². The molecule has 1 aliphatic rings. The van der Waals surface area contributed by atoms with Crippen LogP contribution in [0.3, 0.4) is 0 Å². The molecule has 2 N–H and O–H groups in total. The topological polar surface area (TPSA) is 88.8 Å². The number of imide groups is 1. The summed E-state index contributed by atoms with van der Waals surface area (Å²) in [4.78, 5) is 25.6. The molecule has 0 saturated carbocycles. The van der Waals surface area contributed by atoms with Gasteiger partial charge in [-0.3, -0.25) is 14.9 Å². The van der Waals surface area contributed by atoms with E-state index in [1.807, 2.05) is 24.3 Å². The summed E-state index contributed by atoms with van der Waals surface area (Å²) in [6.07, 6.45) is 4.20. The van der Waals surface area contributed by atoms with Gasteiger partial charge in [-0.1, -0.05) is 42.0 Å². The zero-order chi connectivity index (χ0) is 22.4. The van der Waals surface area contributed by atoms with Crippen LogP contribution in [0.2, 0.25) is 5.02 Å². The quantitative estimate of drug-likeness (QED) is 0.411. The number of nitrogens with one attached hydrogen (secondary N) is 1. The maximum absolute atomic E-state index is 12.8. The molecule has 160 valence electrons. The van der Waals surface area contributed by atoms with Crippen molar-refractivity contribution in [2.45, 2.75) is 6.42 Å². The van der Waals surface area contributed by atoms with Crippen LogP contribution in [-0.4, -0.2) is 30.6 Å². The number of hydrogen-bond acceptors (Lipinski definition) is 5. The summed E-state index contributed by atoms with van der Waals surface area (Å²) in [5.41, 5.74) is 3.53. The van der Waals surface area contributed by atoms with Crippen LogP contribution in [0.1, 0.15) is 32.7 Å². The predicted molar refractivity (Wildman–Crippen MR) is 123 cm³/mol. The van der Waals surface area contributed by atoms with Crippen molar-refractivity contribution in [2.75, 3.05) is 13.7 Å². The van der Waals surface area contributed by atoms with Crippen LogP contribution in [0.15, 0.2) is 53.0 Å². The Morgan fingerprint density at radius 1 is 1.06 bits per heavy atom. The van der Waals surface area contributed by atoms with Gasteiger partial charge in [0.15, 0.2) is 0 Å². The number of hydrogen-bond donors (Lipinski definition) is 2. The number of furan rings is 1. The summed E-state index contributed by atoms with van der Waals surface area (Å²) < 4.78 is 11.7. The summed E-state index contributed by atoms with van der Waals surface area (Å²) >= 11 is 6.41. The average molecular weight is 448 g/mol. The first-order valence-corrected chi connectivity index (χ1v) is 10.4. The van der Waals surface area contributed by atoms with Gasteiger partial charge in [-0.15, -0.1) is 0 Å². The molecule has 0 radical (unpaired) electrons. The monoisotopic (exact) mass is 447 g/mol. The van der Waals surface area contributed by atoms with Gasteiger partial charge < -0.3 is 14.3 Å². The second-order valence-corrected chi connectivity index (χ2v) is 7.82. The van der Waals surface area contributed by atoms with E-state index in [0.717, 1.165) is 5.56 Å². The zero-order valence-corrected chi connectivity index (χ0v) is 17.8. The fraction of sp³-hybridized carbons (Fsp3) is 0.120. The molecule has 1 aromatic heterocycles. The minimum Gasteiger partial charge on any atom is -0.496 e. The fourth-order valence-corrected chi connectivity index (χ4v) is 4.39. The Morgan fingerprint density at radius 2 is 1.84 bits per heavy atom. The molecular formula is C25H18ClNO5. The average Bonchev–Trinajstić information content (AvgIpc) is 3.28. The van der Waals surface area contributed by atoms with E-state index < -0.39 is 11.8 Å². The molecule has 1 aliphatic heterocycles. The number of aliphatic hydroxyl groups excluding tert-OH is 1. The van der Waals surface area contributed by atoms with E-state index in [2.05, 4.69) is 5.32 Å². The molecule has 0 bridgehead atoms. The second kappa shape index (κ2) is 7.82. The van der Waals surface area contributed by atoms with Gasteiger partial charge in [0.05, 0.1) is 18.2 Å². The van der Waals surface area contributed by atoms with E-state index in [-0.39, 0.29) is 17.7 Å². The van der Waals surface area contributed by atoms with Gasteiger partial charge in [-0.25, -0.2) is 0 Å². The molecule has 4 aromatic rings. The lowest BCUT2D eigenvalue weighted by Crippen LogP contribution is -2.20. The fourth-order valence-electron chi connectivity index (χ4n) is 4.16. The molecule has 7 heteroatoms. The standard InChI is InChI=1S/C25H18ClNO5/c1-31-18-12-16-19(10-13(18)6-4-5-9-28)32-20-11-15(14-7-2-3-8-17(14)26)22-23(21(16)20)25(30)27-24(22)29/h2-4,6-8,10-12,28H,5,9H2,1H3,(H,27,29,30)/b6-4+. The Bertz CT molecular complexity index is 1450. The van der Waals surface area contributed by atoms with E-state index in [4.69, 9.17) is 25.9 Å². The lowest BCUT2D eigenvalue weighted by atomic mass is 9.93. The van der Waals surface area contributed by atoms with Crippen LogP contribution in [0.25, 0.3) is 39.1 Å². The molecule has 0 atom stereocenters. The van der Waals surface area contributed by atoms with Gasteiger partial charge in [0.25, 0.3) is 11.8 Å². The highest BCUT2D eigenvalue weighted by molar-refractivity contribution is 6.35. The van der Waals surface area contributed by atoms with Gasteiger partial charge in [0.2, 0.25) is 0 Å². The highest BCUT2D eigenvalue weighted by atomic mass is 35.5. The molecule has 32 heavy (non-hydrogen) atoms. The highest BCUT2D eigenvalue weighted by Gasteiger charge is 2.35. The lowest BCUT2D eigenvalue weighted by Gasteiger charge is -2.09. The molecule has 5 rings (SSSR count). The number of rotatable bonds is 5. The third kappa shape index (κ3) is 3.07. The zero-order valence-electron chi connectivity index (χ0n) is 17.1. The first-order chi connectivity index (χ1) is 15.5. The van der Waals surface area contributed by atoms with Crippen molar-refractivity contribution in [1.29, 1.82) is 0 Å². The van der Waals surface area contributed by atoms with E-state index in [9.17, 15) is 9.59 Å². The smallest absolute Gasteiger partial charge is 0.259 e. The van der Waals surface area contributed by atoms with Gasteiger partial charge in [-0.2, -0.15) is 0 Å². The Balaban J connectivity index is 1.85. The number of benzene rings is 3. The van der Waals surface area contributed by atoms with Gasteiger partial charge >= 0.3 is 0 Å². The van der Waals surface area contributed by atoms with Crippen molar-refractivity contribution in [3.05, 3.63) is 70.3 Å². The third-order valence-electron chi connectivity index (χ3n) is 5.55. The molecule has 0 saturated heterocycles. The van der Waals surface area contributed by atoms with Crippen molar-refractivity contribution >= 4 is 51.4 Å². The number of halogens is 1. The molecule has 2 heterocycles. The summed E-state index contributed by atoms with van der Waals surface area (Å²) in [6, 6.07) is 12.5. The number of amides is 2. The molecule has 0 spiro atoms. The summed E-state index contributed by atoms with van der Waals surface area (Å²) in [5, 5.41) is 13.1. The summed E-state index contributed by atoms with van der Waals surface area (Å²) in [6.45, 7) is 0.0474. The molecule has 2 amide bonds. The first-order valence-electron chi connectivity index (χ1n) is 10.0. The van der Waals surface area contributed by atoms with Gasteiger partial charge in [0, 0.05) is 39.1 Å². The van der Waals surface area contributed by atoms with Crippen LogP contribution in [-0.2, 0) is 0 Å². The predicted octanol–water partition coefficient (Wildman–Crippen LogP) is 5.19. The van der Waals surface area contributed by atoms with Gasteiger partial charge in [0.1, 0.15) is 16.9 Å². The van der Waals surface area contributed by atoms with Crippen molar-refractivity contribution < 1.29 is 23.8 Å². The Morgan fingerprint density at radius 3 is 2.59 bits per heavy atom. The summed E-state index contributed by atoms with van der Waals surface area (Å²) in [5.74, 6) is -0.354. The number of ether oxygens (including phenoxy) is 1. The number of aliphatic hydroxyl groups is 1. The molecule has 0 aliphatic carbocycles. The Kier molecular flexibility index (Phi) is 4.96. The van der Waals surface area contributed by atoms with E-state index in [1.54, 1.807) is 37.4 Å². The van der Waals surface area contributed by atoms with Crippen LogP contribution in [0, 0.1) is 0 Å². The normalized spacial score (nSPS) is 13.3. The van der Waals surface area contributed by atoms with Gasteiger partial charge in [-0.05, 0) is 30.7 Å². The summed E-state index contributed by atoms with van der Waals surface area (Å²) in [7, 11) is 1.56. The van der Waals surface area contributed by atoms with Crippen LogP contribution < -0.4 is 10.1 Å². The number of fused-ring (bicyclic) bond motifs is 5. The molecule has 6 nitrogen and oxygen atoms in total. The van der Waals surface area contributed by atoms with Crippen LogP contribution in [0.4, 0.5) is 0 Å². The largest absolute Gasteiger partial charge is 0.496 e. The minimum absolute atomic E-state index is 0.0474. The van der Waals surface area contributed by atoms with E-state index in [0.29, 0.717) is 50.3 Å². The molecular weight excluding hydrogens is 430 g/mol. The Hall–Kier alpha value is -3.61. The highest BCUT2D eigenvalue weighted by Crippen LogP contribution is 2.43. The number of carbonyl (C=O) groups is 2. The van der Waals surface area contributed by atoms with E-state index >= 15 is 0 Å². The van der Waals surface area contributed by atoms with Crippen LogP contribution >= 0.6 is 11.6 Å². The molecule has 0 fully saturated rings. The minimum atomic E-state index is -0.475. The lowest BCUT2D eigenvalue weighted by molar-refractivity contribution is 0.0880.